The molecule has 1 N–H and O–H groups in total. The summed E-state index contributed by atoms with van der Waals surface area (Å²) in [4.78, 5) is 15.3. The molecule has 12 nitrogen and oxygen atoms in total. The van der Waals surface area contributed by atoms with Gasteiger partial charge in [0.15, 0.2) is 5.16 Å². The highest BCUT2D eigenvalue weighted by molar-refractivity contribution is 7.99. The SMILES string of the molecule is COc1ccc(-n2cnnc2SCC(=O)Nc2cc(S(=O)(=O)N3CCOCC3)ccc2N2CCOCC2)cc1. The number of carbonyl (C=O) groups is 1. The van der Waals surface area contributed by atoms with Gasteiger partial charge in [0.05, 0.1) is 55.6 Å². The molecule has 5 rings (SSSR count). The maximum absolute atomic E-state index is 13.3. The Morgan fingerprint density at radius 2 is 1.72 bits per heavy atom. The van der Waals surface area contributed by atoms with Crippen molar-refractivity contribution in [3.8, 4) is 11.4 Å². The van der Waals surface area contributed by atoms with E-state index in [2.05, 4.69) is 20.4 Å². The van der Waals surface area contributed by atoms with Crippen molar-refractivity contribution in [1.29, 1.82) is 0 Å². The second-order valence-electron chi connectivity index (χ2n) is 8.81. The number of carbonyl (C=O) groups excluding carboxylic acids is 1. The first-order chi connectivity index (χ1) is 19.0. The zero-order valence-electron chi connectivity index (χ0n) is 21.5. The fourth-order valence-electron chi connectivity index (χ4n) is 4.35. The molecule has 2 fully saturated rings. The molecule has 2 aromatic carbocycles. The summed E-state index contributed by atoms with van der Waals surface area (Å²) in [6, 6.07) is 12.3. The molecule has 1 aromatic heterocycles. The fraction of sp³-hybridized carbons (Fsp3) is 0.400. The van der Waals surface area contributed by atoms with Crippen LogP contribution < -0.4 is 15.0 Å². The van der Waals surface area contributed by atoms with Gasteiger partial charge in [0.1, 0.15) is 12.1 Å². The normalized spacial score (nSPS) is 16.7. The summed E-state index contributed by atoms with van der Waals surface area (Å²) in [6.45, 7) is 3.67. The molecule has 0 saturated carbocycles. The molecule has 2 saturated heterocycles. The number of ether oxygens (including phenoxy) is 3. The molecule has 0 radical (unpaired) electrons. The lowest BCUT2D eigenvalue weighted by atomic mass is 10.2. The van der Waals surface area contributed by atoms with E-state index in [1.165, 1.54) is 22.1 Å². The maximum Gasteiger partial charge on any atom is 0.243 e. The summed E-state index contributed by atoms with van der Waals surface area (Å²) in [5, 5.41) is 11.6. The Hall–Kier alpha value is -3.17. The predicted octanol–water partition coefficient (Wildman–Crippen LogP) is 1.86. The molecular formula is C25H30N6O6S2. The van der Waals surface area contributed by atoms with Crippen LogP contribution in [0.25, 0.3) is 5.69 Å². The van der Waals surface area contributed by atoms with Crippen LogP contribution in [0.5, 0.6) is 5.75 Å². The second-order valence-corrected chi connectivity index (χ2v) is 11.7. The molecule has 3 heterocycles. The third-order valence-electron chi connectivity index (χ3n) is 6.40. The highest BCUT2D eigenvalue weighted by Gasteiger charge is 2.28. The summed E-state index contributed by atoms with van der Waals surface area (Å²) in [5.41, 5.74) is 2.02. The van der Waals surface area contributed by atoms with Crippen LogP contribution in [0.3, 0.4) is 0 Å². The van der Waals surface area contributed by atoms with Crippen LogP contribution in [0, 0.1) is 0 Å². The Morgan fingerprint density at radius 1 is 1.03 bits per heavy atom. The van der Waals surface area contributed by atoms with E-state index in [9.17, 15) is 13.2 Å². The third kappa shape index (κ3) is 6.36. The van der Waals surface area contributed by atoms with Gasteiger partial charge < -0.3 is 24.4 Å². The smallest absolute Gasteiger partial charge is 0.243 e. The number of methoxy groups -OCH3 is 1. The van der Waals surface area contributed by atoms with Gasteiger partial charge in [-0.1, -0.05) is 11.8 Å². The van der Waals surface area contributed by atoms with E-state index >= 15 is 0 Å². The monoisotopic (exact) mass is 574 g/mol. The lowest BCUT2D eigenvalue weighted by Crippen LogP contribution is -2.40. The van der Waals surface area contributed by atoms with Crippen molar-refractivity contribution in [2.24, 2.45) is 0 Å². The first-order valence-electron chi connectivity index (χ1n) is 12.5. The number of aromatic nitrogens is 3. The van der Waals surface area contributed by atoms with Crippen molar-refractivity contribution in [2.45, 2.75) is 10.1 Å². The summed E-state index contributed by atoms with van der Waals surface area (Å²) < 4.78 is 45.8. The van der Waals surface area contributed by atoms with Crippen LogP contribution in [0.1, 0.15) is 0 Å². The number of nitrogens with zero attached hydrogens (tertiary/aromatic N) is 5. The minimum absolute atomic E-state index is 0.0534. The van der Waals surface area contributed by atoms with Crippen LogP contribution in [0.2, 0.25) is 0 Å². The number of amides is 1. The van der Waals surface area contributed by atoms with Crippen LogP contribution in [-0.2, 0) is 24.3 Å². The van der Waals surface area contributed by atoms with E-state index in [0.717, 1.165) is 17.1 Å². The molecule has 0 atom stereocenters. The number of benzene rings is 2. The van der Waals surface area contributed by atoms with E-state index in [1.54, 1.807) is 30.1 Å². The minimum Gasteiger partial charge on any atom is -0.497 e. The van der Waals surface area contributed by atoms with Crippen molar-refractivity contribution in [3.05, 3.63) is 48.8 Å². The van der Waals surface area contributed by atoms with Crippen molar-refractivity contribution in [1.82, 2.24) is 19.1 Å². The van der Waals surface area contributed by atoms with Gasteiger partial charge in [-0.2, -0.15) is 4.31 Å². The predicted molar refractivity (Wildman–Crippen MR) is 146 cm³/mol. The van der Waals surface area contributed by atoms with Crippen molar-refractivity contribution >= 4 is 39.1 Å². The zero-order chi connectivity index (χ0) is 27.2. The molecule has 0 spiro atoms. The van der Waals surface area contributed by atoms with Crippen LogP contribution in [0.15, 0.2) is 58.8 Å². The number of morpholine rings is 2. The van der Waals surface area contributed by atoms with E-state index in [4.69, 9.17) is 14.2 Å². The van der Waals surface area contributed by atoms with Crippen molar-refractivity contribution in [2.75, 3.05) is 75.7 Å². The summed E-state index contributed by atoms with van der Waals surface area (Å²) in [5.74, 6) is 0.492. The van der Waals surface area contributed by atoms with Gasteiger partial charge in [-0.15, -0.1) is 10.2 Å². The third-order valence-corrected chi connectivity index (χ3v) is 9.24. The molecule has 0 aliphatic carbocycles. The Balaban J connectivity index is 1.34. The number of hydrogen-bond donors (Lipinski definition) is 1. The Labute approximate surface area is 231 Å². The Bertz CT molecular complexity index is 1390. The lowest BCUT2D eigenvalue weighted by molar-refractivity contribution is -0.113. The number of nitrogens with one attached hydrogen (secondary N) is 1. The number of anilines is 2. The molecule has 2 aliphatic heterocycles. The zero-order valence-corrected chi connectivity index (χ0v) is 23.1. The highest BCUT2D eigenvalue weighted by atomic mass is 32.2. The van der Waals surface area contributed by atoms with Crippen molar-refractivity contribution < 1.29 is 27.4 Å². The second kappa shape index (κ2) is 12.3. The van der Waals surface area contributed by atoms with Gasteiger partial charge in [0.25, 0.3) is 0 Å². The molecule has 0 bridgehead atoms. The maximum atomic E-state index is 13.3. The molecule has 39 heavy (non-hydrogen) atoms. The number of hydrogen-bond acceptors (Lipinski definition) is 10. The first kappa shape index (κ1) is 27.4. The first-order valence-corrected chi connectivity index (χ1v) is 14.9. The van der Waals surface area contributed by atoms with Crippen LogP contribution in [-0.4, -0.2) is 98.9 Å². The average Bonchev–Trinajstić information content (AvgIpc) is 3.46. The van der Waals surface area contributed by atoms with Gasteiger partial charge in [0, 0.05) is 31.9 Å². The topological polar surface area (TPSA) is 128 Å². The summed E-state index contributed by atoms with van der Waals surface area (Å²) in [6.07, 6.45) is 1.58. The van der Waals surface area contributed by atoms with Crippen LogP contribution in [0.4, 0.5) is 11.4 Å². The standard InChI is InChI=1S/C25H30N6O6S2/c1-35-20-4-2-19(3-5-20)31-18-26-28-25(31)38-17-24(32)27-22-16-21(39(33,34)30-10-14-37-15-11-30)6-7-23(22)29-8-12-36-13-9-29/h2-7,16,18H,8-15,17H2,1H3,(H,27,32). The van der Waals surface area contributed by atoms with Gasteiger partial charge in [-0.3, -0.25) is 9.36 Å². The van der Waals surface area contributed by atoms with Gasteiger partial charge in [0.2, 0.25) is 15.9 Å². The number of rotatable bonds is 9. The van der Waals surface area contributed by atoms with Gasteiger partial charge in [-0.05, 0) is 42.5 Å². The molecule has 1 amide bonds. The molecular weight excluding hydrogens is 544 g/mol. The highest BCUT2D eigenvalue weighted by Crippen LogP contribution is 2.32. The van der Waals surface area contributed by atoms with Gasteiger partial charge in [-0.25, -0.2) is 8.42 Å². The van der Waals surface area contributed by atoms with E-state index in [0.29, 0.717) is 63.5 Å². The quantitative estimate of drug-likeness (QED) is 0.378. The lowest BCUT2D eigenvalue weighted by Gasteiger charge is -2.31. The molecule has 2 aliphatic rings. The van der Waals surface area contributed by atoms with Gasteiger partial charge >= 0.3 is 0 Å². The van der Waals surface area contributed by atoms with E-state index in [-0.39, 0.29) is 16.6 Å². The molecule has 0 unspecified atom stereocenters. The molecule has 208 valence electrons. The minimum atomic E-state index is -3.73. The molecule has 14 heteroatoms. The number of sulfonamides is 1. The fourth-order valence-corrected chi connectivity index (χ4v) is 6.51. The van der Waals surface area contributed by atoms with Crippen LogP contribution >= 0.6 is 11.8 Å². The average molecular weight is 575 g/mol. The Kier molecular flexibility index (Phi) is 8.67. The van der Waals surface area contributed by atoms with E-state index < -0.39 is 10.0 Å². The summed E-state index contributed by atoms with van der Waals surface area (Å²) >= 11 is 1.23. The summed E-state index contributed by atoms with van der Waals surface area (Å²) in [7, 11) is -2.13. The Morgan fingerprint density at radius 3 is 2.41 bits per heavy atom. The molecule has 3 aromatic rings. The van der Waals surface area contributed by atoms with Crippen molar-refractivity contribution in [3.63, 3.8) is 0 Å². The number of thioether (sulfide) groups is 1. The largest absolute Gasteiger partial charge is 0.497 e. The van der Waals surface area contributed by atoms with E-state index in [1.807, 2.05) is 24.3 Å².